The lowest BCUT2D eigenvalue weighted by Gasteiger charge is -1.96. The Kier molecular flexibility index (Phi) is 2.38. The number of hydrogen-bond donors (Lipinski definition) is 1. The van der Waals surface area contributed by atoms with Gasteiger partial charge in [0.2, 0.25) is 0 Å². The number of nitrogens with two attached hydrogens (primary N) is 1. The van der Waals surface area contributed by atoms with Crippen molar-refractivity contribution in [2.45, 2.75) is 6.42 Å². The lowest BCUT2D eigenvalue weighted by atomic mass is 10.1. The summed E-state index contributed by atoms with van der Waals surface area (Å²) < 4.78 is 6.20. The van der Waals surface area contributed by atoms with Gasteiger partial charge in [-0.2, -0.15) is 0 Å². The largest absolute Gasteiger partial charge is 0.449 e. The van der Waals surface area contributed by atoms with E-state index in [1.165, 1.54) is 5.56 Å². The Bertz CT molecular complexity index is 422. The van der Waals surface area contributed by atoms with E-state index >= 15 is 0 Å². The van der Waals surface area contributed by atoms with E-state index in [0.717, 1.165) is 22.1 Å². The summed E-state index contributed by atoms with van der Waals surface area (Å²) in [6, 6.07) is 8.13. The topological polar surface area (TPSA) is 39.2 Å². The van der Waals surface area contributed by atoms with Crippen molar-refractivity contribution in [3.63, 3.8) is 0 Å². The molecule has 1 heterocycles. The lowest BCUT2D eigenvalue weighted by Crippen LogP contribution is -2.02. The molecule has 2 aromatic rings. The molecule has 0 saturated carbocycles. The van der Waals surface area contributed by atoms with Gasteiger partial charge in [0.05, 0.1) is 0 Å². The smallest absolute Gasteiger partial charge is 0.170 e. The van der Waals surface area contributed by atoms with Gasteiger partial charge in [-0.25, -0.2) is 0 Å². The Balaban J connectivity index is 2.48. The molecule has 2 N–H and O–H groups in total. The summed E-state index contributed by atoms with van der Waals surface area (Å²) in [6.45, 7) is 0.674. The monoisotopic (exact) mass is 239 g/mol. The van der Waals surface area contributed by atoms with Crippen LogP contribution in [0.5, 0.6) is 0 Å². The first-order chi connectivity index (χ1) is 6.29. The number of hydrogen-bond acceptors (Lipinski definition) is 2. The molecule has 0 aliphatic heterocycles. The van der Waals surface area contributed by atoms with Gasteiger partial charge in [0.1, 0.15) is 5.58 Å². The van der Waals surface area contributed by atoms with E-state index in [0.29, 0.717) is 6.54 Å². The highest BCUT2D eigenvalue weighted by Gasteiger charge is 2.01. The first kappa shape index (κ1) is 8.78. The van der Waals surface area contributed by atoms with Crippen LogP contribution in [0, 0.1) is 0 Å². The second-order valence-electron chi connectivity index (χ2n) is 2.96. The first-order valence-corrected chi connectivity index (χ1v) is 4.97. The third-order valence-electron chi connectivity index (χ3n) is 1.99. The van der Waals surface area contributed by atoms with Crippen LogP contribution in [0.1, 0.15) is 5.56 Å². The molecule has 0 saturated heterocycles. The molecule has 0 radical (unpaired) electrons. The minimum Gasteiger partial charge on any atom is -0.449 e. The molecule has 0 amide bonds. The average molecular weight is 240 g/mol. The molecule has 0 fully saturated rings. The van der Waals surface area contributed by atoms with E-state index in [4.69, 9.17) is 10.2 Å². The van der Waals surface area contributed by atoms with Crippen LogP contribution in [0.2, 0.25) is 0 Å². The SMILES string of the molecule is NCCc1ccc2cc(Br)oc2c1. The van der Waals surface area contributed by atoms with Gasteiger partial charge in [-0.05, 0) is 46.6 Å². The zero-order valence-electron chi connectivity index (χ0n) is 7.09. The molecule has 2 nitrogen and oxygen atoms in total. The summed E-state index contributed by atoms with van der Waals surface area (Å²) in [4.78, 5) is 0. The van der Waals surface area contributed by atoms with Crippen LogP contribution in [0.3, 0.4) is 0 Å². The molecule has 0 unspecified atom stereocenters. The predicted octanol–water partition coefficient (Wildman–Crippen LogP) is 2.70. The van der Waals surface area contributed by atoms with Crippen molar-refractivity contribution in [2.75, 3.05) is 6.54 Å². The van der Waals surface area contributed by atoms with Crippen LogP contribution < -0.4 is 5.73 Å². The summed E-state index contributed by atoms with van der Waals surface area (Å²) in [5.74, 6) is 0. The van der Waals surface area contributed by atoms with Crippen molar-refractivity contribution in [3.8, 4) is 0 Å². The molecule has 3 heteroatoms. The first-order valence-electron chi connectivity index (χ1n) is 4.17. The van der Waals surface area contributed by atoms with Gasteiger partial charge >= 0.3 is 0 Å². The summed E-state index contributed by atoms with van der Waals surface area (Å²) in [6.07, 6.45) is 0.897. The molecule has 0 aliphatic rings. The van der Waals surface area contributed by atoms with Gasteiger partial charge in [0.25, 0.3) is 0 Å². The molecule has 1 aromatic carbocycles. The van der Waals surface area contributed by atoms with Gasteiger partial charge in [-0.1, -0.05) is 12.1 Å². The third kappa shape index (κ3) is 1.76. The average Bonchev–Trinajstić information content (AvgIpc) is 2.44. The lowest BCUT2D eigenvalue weighted by molar-refractivity contribution is 0.587. The number of benzene rings is 1. The number of rotatable bonds is 2. The van der Waals surface area contributed by atoms with Crippen LogP contribution in [0.15, 0.2) is 33.4 Å². The number of fused-ring (bicyclic) bond motifs is 1. The summed E-state index contributed by atoms with van der Waals surface area (Å²) in [5, 5.41) is 1.12. The van der Waals surface area contributed by atoms with Crippen molar-refractivity contribution in [3.05, 3.63) is 34.5 Å². The molecule has 0 atom stereocenters. The van der Waals surface area contributed by atoms with Gasteiger partial charge in [-0.15, -0.1) is 0 Å². The molecular weight excluding hydrogens is 230 g/mol. The van der Waals surface area contributed by atoms with Crippen molar-refractivity contribution in [1.29, 1.82) is 0 Å². The highest BCUT2D eigenvalue weighted by atomic mass is 79.9. The van der Waals surface area contributed by atoms with Crippen molar-refractivity contribution < 1.29 is 4.42 Å². The maximum absolute atomic E-state index is 5.47. The van der Waals surface area contributed by atoms with Crippen LogP contribution >= 0.6 is 15.9 Å². The fourth-order valence-corrected chi connectivity index (χ4v) is 1.79. The van der Waals surface area contributed by atoms with E-state index in [1.54, 1.807) is 0 Å². The molecular formula is C10H10BrNO. The summed E-state index contributed by atoms with van der Waals surface area (Å²) in [5.41, 5.74) is 7.60. The van der Waals surface area contributed by atoms with Gasteiger partial charge < -0.3 is 10.2 Å². The molecule has 2 rings (SSSR count). The quantitative estimate of drug-likeness (QED) is 0.876. The molecule has 0 spiro atoms. The van der Waals surface area contributed by atoms with E-state index in [1.807, 2.05) is 12.1 Å². The Morgan fingerprint density at radius 2 is 2.15 bits per heavy atom. The highest BCUT2D eigenvalue weighted by Crippen LogP contribution is 2.24. The molecule has 0 bridgehead atoms. The van der Waals surface area contributed by atoms with Crippen LogP contribution in [-0.4, -0.2) is 6.54 Å². The maximum atomic E-state index is 5.47. The molecule has 0 aliphatic carbocycles. The van der Waals surface area contributed by atoms with Crippen LogP contribution in [0.4, 0.5) is 0 Å². The second-order valence-corrected chi connectivity index (χ2v) is 3.74. The predicted molar refractivity (Wildman–Crippen MR) is 56.7 cm³/mol. The van der Waals surface area contributed by atoms with Crippen LogP contribution in [0.25, 0.3) is 11.0 Å². The highest BCUT2D eigenvalue weighted by molar-refractivity contribution is 9.10. The normalized spacial score (nSPS) is 10.9. The Morgan fingerprint density at radius 1 is 1.31 bits per heavy atom. The number of furan rings is 1. The van der Waals surface area contributed by atoms with Gasteiger partial charge in [0.15, 0.2) is 4.67 Å². The molecule has 1 aromatic heterocycles. The molecule has 13 heavy (non-hydrogen) atoms. The minimum absolute atomic E-state index is 0.674. The zero-order chi connectivity index (χ0) is 9.26. The Morgan fingerprint density at radius 3 is 2.92 bits per heavy atom. The van der Waals surface area contributed by atoms with Gasteiger partial charge in [-0.3, -0.25) is 0 Å². The fraction of sp³-hybridized carbons (Fsp3) is 0.200. The van der Waals surface area contributed by atoms with Crippen molar-refractivity contribution >= 4 is 26.9 Å². The molecule has 68 valence electrons. The van der Waals surface area contributed by atoms with E-state index in [9.17, 15) is 0 Å². The Hall–Kier alpha value is -0.800. The summed E-state index contributed by atoms with van der Waals surface area (Å²) in [7, 11) is 0. The zero-order valence-corrected chi connectivity index (χ0v) is 8.67. The Labute approximate surface area is 84.8 Å². The van der Waals surface area contributed by atoms with Crippen molar-refractivity contribution in [1.82, 2.24) is 0 Å². The van der Waals surface area contributed by atoms with E-state index < -0.39 is 0 Å². The summed E-state index contributed by atoms with van der Waals surface area (Å²) >= 11 is 3.30. The fourth-order valence-electron chi connectivity index (χ4n) is 1.37. The maximum Gasteiger partial charge on any atom is 0.170 e. The van der Waals surface area contributed by atoms with Crippen LogP contribution in [-0.2, 0) is 6.42 Å². The van der Waals surface area contributed by atoms with E-state index in [2.05, 4.69) is 28.1 Å². The van der Waals surface area contributed by atoms with Gasteiger partial charge in [0, 0.05) is 5.39 Å². The second kappa shape index (κ2) is 3.52. The van der Waals surface area contributed by atoms with E-state index in [-0.39, 0.29) is 0 Å². The third-order valence-corrected chi connectivity index (χ3v) is 2.38. The standard InChI is InChI=1S/C10H10BrNO/c11-10-6-8-2-1-7(3-4-12)5-9(8)13-10/h1-2,5-6H,3-4,12H2. The minimum atomic E-state index is 0.674. The number of halogens is 1. The van der Waals surface area contributed by atoms with Crippen molar-refractivity contribution in [2.24, 2.45) is 5.73 Å².